The van der Waals surface area contributed by atoms with Crippen molar-refractivity contribution in [3.05, 3.63) is 0 Å². The molecule has 0 saturated carbocycles. The SMILES string of the molecule is CCCCCCCCCCCCCSCCC(O)CCO. The van der Waals surface area contributed by atoms with E-state index in [2.05, 4.69) is 6.92 Å². The number of unbranched alkanes of at least 4 members (excludes halogenated alkanes) is 10. The Balaban J connectivity index is 2.99. The van der Waals surface area contributed by atoms with Crippen molar-refractivity contribution in [3.8, 4) is 0 Å². The van der Waals surface area contributed by atoms with Gasteiger partial charge in [0.05, 0.1) is 6.10 Å². The summed E-state index contributed by atoms with van der Waals surface area (Å²) in [4.78, 5) is 0. The van der Waals surface area contributed by atoms with E-state index in [9.17, 15) is 5.11 Å². The summed E-state index contributed by atoms with van der Waals surface area (Å²) in [5.41, 5.74) is 0. The molecule has 128 valence electrons. The van der Waals surface area contributed by atoms with Crippen molar-refractivity contribution >= 4 is 11.8 Å². The summed E-state index contributed by atoms with van der Waals surface area (Å²) in [6.45, 7) is 2.37. The minimum atomic E-state index is -0.306. The van der Waals surface area contributed by atoms with Gasteiger partial charge in [0.25, 0.3) is 0 Å². The number of aliphatic hydroxyl groups excluding tert-OH is 2. The van der Waals surface area contributed by atoms with Crippen LogP contribution in [-0.2, 0) is 0 Å². The fourth-order valence-corrected chi connectivity index (χ4v) is 3.53. The number of aliphatic hydroxyl groups is 2. The van der Waals surface area contributed by atoms with E-state index >= 15 is 0 Å². The smallest absolute Gasteiger partial charge is 0.0570 e. The highest BCUT2D eigenvalue weighted by Gasteiger charge is 2.02. The predicted molar refractivity (Wildman–Crippen MR) is 96.1 cm³/mol. The van der Waals surface area contributed by atoms with Gasteiger partial charge in [-0.25, -0.2) is 0 Å². The first-order chi connectivity index (χ1) is 10.3. The molecule has 3 heteroatoms. The van der Waals surface area contributed by atoms with E-state index in [1.165, 1.54) is 76.4 Å². The van der Waals surface area contributed by atoms with Gasteiger partial charge in [-0.2, -0.15) is 11.8 Å². The zero-order chi connectivity index (χ0) is 15.6. The van der Waals surface area contributed by atoms with Crippen molar-refractivity contribution in [1.29, 1.82) is 0 Å². The molecule has 0 aromatic rings. The molecule has 0 saturated heterocycles. The average molecular weight is 319 g/mol. The largest absolute Gasteiger partial charge is 0.396 e. The molecule has 0 aromatic carbocycles. The van der Waals surface area contributed by atoms with Gasteiger partial charge in [0.15, 0.2) is 0 Å². The first kappa shape index (κ1) is 21.3. The Hall–Kier alpha value is 0.270. The van der Waals surface area contributed by atoms with Gasteiger partial charge in [-0.05, 0) is 30.8 Å². The van der Waals surface area contributed by atoms with Crippen LogP contribution in [0, 0.1) is 0 Å². The Labute approximate surface area is 137 Å². The van der Waals surface area contributed by atoms with Gasteiger partial charge in [-0.3, -0.25) is 0 Å². The highest BCUT2D eigenvalue weighted by Crippen LogP contribution is 2.13. The summed E-state index contributed by atoms with van der Waals surface area (Å²) >= 11 is 1.95. The van der Waals surface area contributed by atoms with E-state index in [4.69, 9.17) is 5.11 Å². The van der Waals surface area contributed by atoms with Gasteiger partial charge < -0.3 is 10.2 Å². The fraction of sp³-hybridized carbons (Fsp3) is 1.00. The Morgan fingerprint density at radius 3 is 1.76 bits per heavy atom. The molecule has 1 atom stereocenters. The molecule has 0 aromatic heterocycles. The maximum absolute atomic E-state index is 9.47. The van der Waals surface area contributed by atoms with Crippen LogP contribution in [0.4, 0.5) is 0 Å². The van der Waals surface area contributed by atoms with E-state index in [0.29, 0.717) is 6.42 Å². The zero-order valence-corrected chi connectivity index (χ0v) is 15.0. The van der Waals surface area contributed by atoms with Crippen molar-refractivity contribution in [2.24, 2.45) is 0 Å². The van der Waals surface area contributed by atoms with Crippen molar-refractivity contribution in [3.63, 3.8) is 0 Å². The van der Waals surface area contributed by atoms with Crippen LogP contribution in [0.2, 0.25) is 0 Å². The normalized spacial score (nSPS) is 12.7. The Morgan fingerprint density at radius 1 is 0.714 bits per heavy atom. The van der Waals surface area contributed by atoms with Crippen LogP contribution in [0.15, 0.2) is 0 Å². The molecule has 0 aliphatic heterocycles. The van der Waals surface area contributed by atoms with Gasteiger partial charge in [0.2, 0.25) is 0 Å². The molecule has 21 heavy (non-hydrogen) atoms. The van der Waals surface area contributed by atoms with Crippen LogP contribution in [0.1, 0.15) is 90.4 Å². The van der Waals surface area contributed by atoms with Crippen LogP contribution >= 0.6 is 11.8 Å². The molecule has 0 heterocycles. The van der Waals surface area contributed by atoms with E-state index < -0.39 is 0 Å². The van der Waals surface area contributed by atoms with Crippen molar-refractivity contribution in [2.45, 2.75) is 96.5 Å². The van der Waals surface area contributed by atoms with E-state index in [0.717, 1.165) is 12.2 Å². The molecule has 0 amide bonds. The van der Waals surface area contributed by atoms with Crippen LogP contribution in [0.25, 0.3) is 0 Å². The predicted octanol–water partition coefficient (Wildman–Crippen LogP) is 5.16. The third kappa shape index (κ3) is 18.2. The van der Waals surface area contributed by atoms with Gasteiger partial charge in [-0.1, -0.05) is 71.1 Å². The summed E-state index contributed by atoms with van der Waals surface area (Å²) in [6.07, 6.45) is 16.4. The minimum Gasteiger partial charge on any atom is -0.396 e. The first-order valence-electron chi connectivity index (χ1n) is 9.18. The molecule has 0 radical (unpaired) electrons. The van der Waals surface area contributed by atoms with Crippen molar-refractivity contribution < 1.29 is 10.2 Å². The number of thioether (sulfide) groups is 1. The maximum atomic E-state index is 9.47. The molecule has 1 unspecified atom stereocenters. The Bertz CT molecular complexity index is 188. The second kappa shape index (κ2) is 18.3. The van der Waals surface area contributed by atoms with Crippen LogP contribution in [-0.4, -0.2) is 34.4 Å². The van der Waals surface area contributed by atoms with Crippen LogP contribution in [0.3, 0.4) is 0 Å². The first-order valence-corrected chi connectivity index (χ1v) is 10.3. The molecular formula is C18H38O2S. The van der Waals surface area contributed by atoms with Crippen LogP contribution in [0.5, 0.6) is 0 Å². The molecule has 2 N–H and O–H groups in total. The lowest BCUT2D eigenvalue weighted by Gasteiger charge is -2.08. The monoisotopic (exact) mass is 318 g/mol. The molecule has 0 aliphatic carbocycles. The quantitative estimate of drug-likeness (QED) is 0.364. The molecule has 0 spiro atoms. The summed E-state index contributed by atoms with van der Waals surface area (Å²) < 4.78 is 0. The maximum Gasteiger partial charge on any atom is 0.0570 e. The molecule has 0 aliphatic rings. The second-order valence-corrected chi connectivity index (χ2v) is 7.33. The summed E-state index contributed by atoms with van der Waals surface area (Å²) in [5, 5.41) is 18.2. The van der Waals surface area contributed by atoms with Crippen LogP contribution < -0.4 is 0 Å². The molecule has 0 rings (SSSR count). The minimum absolute atomic E-state index is 0.102. The van der Waals surface area contributed by atoms with Gasteiger partial charge in [0, 0.05) is 6.61 Å². The lowest BCUT2D eigenvalue weighted by Crippen LogP contribution is -2.09. The van der Waals surface area contributed by atoms with E-state index in [-0.39, 0.29) is 12.7 Å². The van der Waals surface area contributed by atoms with E-state index in [1.807, 2.05) is 11.8 Å². The highest BCUT2D eigenvalue weighted by atomic mass is 32.2. The molecular weight excluding hydrogens is 280 g/mol. The third-order valence-electron chi connectivity index (χ3n) is 3.95. The number of hydrogen-bond donors (Lipinski definition) is 2. The third-order valence-corrected chi connectivity index (χ3v) is 5.05. The lowest BCUT2D eigenvalue weighted by atomic mass is 10.1. The zero-order valence-electron chi connectivity index (χ0n) is 14.2. The van der Waals surface area contributed by atoms with Gasteiger partial charge in [0.1, 0.15) is 0 Å². The van der Waals surface area contributed by atoms with E-state index in [1.54, 1.807) is 0 Å². The molecule has 0 fully saturated rings. The van der Waals surface area contributed by atoms with Gasteiger partial charge >= 0.3 is 0 Å². The number of rotatable bonds is 17. The Kier molecular flexibility index (Phi) is 18.6. The standard InChI is InChI=1S/C18H38O2S/c1-2-3-4-5-6-7-8-9-10-11-12-16-21-17-14-18(20)13-15-19/h18-20H,2-17H2,1H3. The second-order valence-electron chi connectivity index (χ2n) is 6.10. The summed E-state index contributed by atoms with van der Waals surface area (Å²) in [7, 11) is 0. The van der Waals surface area contributed by atoms with Crippen molar-refractivity contribution in [1.82, 2.24) is 0 Å². The molecule has 0 bridgehead atoms. The summed E-state index contributed by atoms with van der Waals surface area (Å²) in [5.74, 6) is 2.25. The van der Waals surface area contributed by atoms with Crippen molar-refractivity contribution in [2.75, 3.05) is 18.1 Å². The number of hydrogen-bond acceptors (Lipinski definition) is 3. The topological polar surface area (TPSA) is 40.5 Å². The fourth-order valence-electron chi connectivity index (χ4n) is 2.48. The Morgan fingerprint density at radius 2 is 1.24 bits per heavy atom. The lowest BCUT2D eigenvalue weighted by molar-refractivity contribution is 0.130. The van der Waals surface area contributed by atoms with Gasteiger partial charge in [-0.15, -0.1) is 0 Å². The highest BCUT2D eigenvalue weighted by molar-refractivity contribution is 7.99. The summed E-state index contributed by atoms with van der Waals surface area (Å²) in [6, 6.07) is 0. The molecule has 2 nitrogen and oxygen atoms in total. The average Bonchev–Trinajstić information content (AvgIpc) is 2.48.